The number of fused-ring (bicyclic) bond motifs is 1. The van der Waals surface area contributed by atoms with Crippen LogP contribution in [-0.2, 0) is 22.4 Å². The molecule has 2 aromatic carbocycles. The van der Waals surface area contributed by atoms with Crippen LogP contribution >= 0.6 is 11.3 Å². The smallest absolute Gasteiger partial charge is 0.341 e. The summed E-state index contributed by atoms with van der Waals surface area (Å²) in [6, 6.07) is 14.1. The first-order valence-corrected chi connectivity index (χ1v) is 13.3. The Labute approximate surface area is 221 Å². The molecule has 7 nitrogen and oxygen atoms in total. The average molecular weight is 521 g/mol. The van der Waals surface area contributed by atoms with Gasteiger partial charge in [-0.05, 0) is 87.4 Å². The topological polar surface area (TPSA) is 93.7 Å². The largest absolute Gasteiger partial charge is 0.481 e. The molecule has 1 heterocycles. The van der Waals surface area contributed by atoms with Crippen molar-refractivity contribution in [1.82, 2.24) is 0 Å². The molecule has 0 radical (unpaired) electrons. The fraction of sp³-hybridized carbons (Fsp3) is 0.345. The van der Waals surface area contributed by atoms with E-state index in [9.17, 15) is 14.4 Å². The van der Waals surface area contributed by atoms with Crippen LogP contribution in [0.5, 0.6) is 5.75 Å². The van der Waals surface area contributed by atoms with Gasteiger partial charge in [-0.2, -0.15) is 0 Å². The van der Waals surface area contributed by atoms with E-state index in [2.05, 4.69) is 17.6 Å². The molecule has 0 spiro atoms. The Hall–Kier alpha value is -3.65. The molecule has 4 rings (SSSR count). The molecule has 2 atom stereocenters. The van der Waals surface area contributed by atoms with Gasteiger partial charge in [0.05, 0.1) is 12.2 Å². The molecular weight excluding hydrogens is 488 g/mol. The number of para-hydroxylation sites is 1. The van der Waals surface area contributed by atoms with Gasteiger partial charge in [-0.3, -0.25) is 9.59 Å². The fourth-order valence-corrected chi connectivity index (χ4v) is 5.72. The van der Waals surface area contributed by atoms with Gasteiger partial charge in [0.25, 0.3) is 11.8 Å². The van der Waals surface area contributed by atoms with Crippen LogP contribution in [0.15, 0.2) is 48.5 Å². The molecule has 1 aliphatic rings. The first-order valence-electron chi connectivity index (χ1n) is 12.5. The number of aryl methyl sites for hydroxylation is 1. The van der Waals surface area contributed by atoms with Gasteiger partial charge < -0.3 is 20.1 Å². The van der Waals surface area contributed by atoms with E-state index in [-0.39, 0.29) is 18.4 Å². The lowest BCUT2D eigenvalue weighted by Crippen LogP contribution is -2.30. The standard InChI is InChI=1S/C29H32N2O5S/c1-5-35-29(34)25-22-15-10-17(2)16-24(22)37-28(25)31-27(33)20-11-13-21(14-12-20)36-19(4)26(32)30-23-9-7-6-8-18(23)3/h6-9,11-14,17,19H,5,10,15-16H2,1-4H3,(H,30,32)(H,31,33)/t17-,19-/m0/s1. The quantitative estimate of drug-likeness (QED) is 0.355. The number of esters is 1. The molecule has 0 bridgehead atoms. The van der Waals surface area contributed by atoms with Crippen LogP contribution in [0.2, 0.25) is 0 Å². The van der Waals surface area contributed by atoms with Crippen molar-refractivity contribution in [3.63, 3.8) is 0 Å². The summed E-state index contributed by atoms with van der Waals surface area (Å²) >= 11 is 1.46. The minimum atomic E-state index is -0.730. The number of carbonyl (C=O) groups excluding carboxylic acids is 3. The van der Waals surface area contributed by atoms with Crippen molar-refractivity contribution in [1.29, 1.82) is 0 Å². The lowest BCUT2D eigenvalue weighted by Gasteiger charge is -2.18. The number of amides is 2. The number of anilines is 2. The van der Waals surface area contributed by atoms with Gasteiger partial charge in [0.1, 0.15) is 10.8 Å². The second-order valence-electron chi connectivity index (χ2n) is 9.32. The van der Waals surface area contributed by atoms with Gasteiger partial charge in [-0.1, -0.05) is 25.1 Å². The molecule has 0 unspecified atom stereocenters. The minimum absolute atomic E-state index is 0.265. The summed E-state index contributed by atoms with van der Waals surface area (Å²) in [7, 11) is 0. The molecule has 0 saturated carbocycles. The normalized spacial score (nSPS) is 15.3. The monoisotopic (exact) mass is 520 g/mol. The van der Waals surface area contributed by atoms with Crippen LogP contribution in [0, 0.1) is 12.8 Å². The number of hydrogen-bond donors (Lipinski definition) is 2. The Morgan fingerprint density at radius 3 is 2.51 bits per heavy atom. The van der Waals surface area contributed by atoms with Crippen LogP contribution in [-0.4, -0.2) is 30.5 Å². The van der Waals surface area contributed by atoms with E-state index in [0.29, 0.717) is 27.8 Å². The summed E-state index contributed by atoms with van der Waals surface area (Å²) < 4.78 is 11.1. The number of ether oxygens (including phenoxy) is 2. The van der Waals surface area contributed by atoms with Crippen LogP contribution in [0.3, 0.4) is 0 Å². The molecule has 0 fully saturated rings. The van der Waals surface area contributed by atoms with Crippen molar-refractivity contribution in [2.45, 2.75) is 53.1 Å². The zero-order valence-corrected chi connectivity index (χ0v) is 22.4. The number of rotatable bonds is 8. The van der Waals surface area contributed by atoms with E-state index in [0.717, 1.165) is 41.0 Å². The maximum absolute atomic E-state index is 13.0. The lowest BCUT2D eigenvalue weighted by molar-refractivity contribution is -0.122. The van der Waals surface area contributed by atoms with Gasteiger partial charge in [0, 0.05) is 16.1 Å². The number of carbonyl (C=O) groups is 3. The Balaban J connectivity index is 1.43. The highest BCUT2D eigenvalue weighted by Crippen LogP contribution is 2.40. The second-order valence-corrected chi connectivity index (χ2v) is 10.4. The van der Waals surface area contributed by atoms with E-state index >= 15 is 0 Å². The maximum atomic E-state index is 13.0. The maximum Gasteiger partial charge on any atom is 0.341 e. The molecule has 0 saturated heterocycles. The molecule has 8 heteroatoms. The number of nitrogens with one attached hydrogen (secondary N) is 2. The first kappa shape index (κ1) is 26.4. The Morgan fingerprint density at radius 1 is 1.08 bits per heavy atom. The number of hydrogen-bond acceptors (Lipinski definition) is 6. The van der Waals surface area contributed by atoms with Crippen molar-refractivity contribution in [2.24, 2.45) is 5.92 Å². The highest BCUT2D eigenvalue weighted by Gasteiger charge is 2.29. The molecule has 1 aliphatic carbocycles. The van der Waals surface area contributed by atoms with Crippen molar-refractivity contribution in [3.8, 4) is 5.75 Å². The molecule has 2 amide bonds. The van der Waals surface area contributed by atoms with Gasteiger partial charge in [0.15, 0.2) is 6.10 Å². The predicted octanol–water partition coefficient (Wildman–Crippen LogP) is 6.02. The summed E-state index contributed by atoms with van der Waals surface area (Å²) in [4.78, 5) is 39.4. The van der Waals surface area contributed by atoms with E-state index in [1.165, 1.54) is 11.3 Å². The van der Waals surface area contributed by atoms with E-state index < -0.39 is 12.1 Å². The first-order chi connectivity index (χ1) is 17.8. The molecule has 0 aliphatic heterocycles. The molecule has 37 heavy (non-hydrogen) atoms. The van der Waals surface area contributed by atoms with Crippen LogP contribution in [0.4, 0.5) is 10.7 Å². The van der Waals surface area contributed by atoms with Crippen molar-refractivity contribution >= 4 is 39.8 Å². The lowest BCUT2D eigenvalue weighted by atomic mass is 9.88. The van der Waals surface area contributed by atoms with Crippen molar-refractivity contribution in [2.75, 3.05) is 17.2 Å². The van der Waals surface area contributed by atoms with Crippen molar-refractivity contribution < 1.29 is 23.9 Å². The predicted molar refractivity (Wildman–Crippen MR) is 146 cm³/mol. The Kier molecular flexibility index (Phi) is 8.28. The summed E-state index contributed by atoms with van der Waals surface area (Å²) in [5, 5.41) is 6.32. The highest BCUT2D eigenvalue weighted by atomic mass is 32.1. The zero-order valence-electron chi connectivity index (χ0n) is 21.6. The second kappa shape index (κ2) is 11.6. The van der Waals surface area contributed by atoms with Gasteiger partial charge in [0.2, 0.25) is 0 Å². The zero-order chi connectivity index (χ0) is 26.5. The van der Waals surface area contributed by atoms with Gasteiger partial charge in [-0.15, -0.1) is 11.3 Å². The SMILES string of the molecule is CCOC(=O)c1c(NC(=O)c2ccc(O[C@@H](C)C(=O)Nc3ccccc3C)cc2)sc2c1CC[C@H](C)C2. The number of thiophene rings is 1. The number of benzene rings is 2. The third kappa shape index (κ3) is 6.20. The molecule has 1 aromatic heterocycles. The van der Waals surface area contributed by atoms with Crippen LogP contribution in [0.1, 0.15) is 63.9 Å². The van der Waals surface area contributed by atoms with Gasteiger partial charge >= 0.3 is 5.97 Å². The molecule has 3 aromatic rings. The molecular formula is C29H32N2O5S. The summed E-state index contributed by atoms with van der Waals surface area (Å²) in [5.74, 6) is 0.0227. The minimum Gasteiger partial charge on any atom is -0.481 e. The van der Waals surface area contributed by atoms with Gasteiger partial charge in [-0.25, -0.2) is 4.79 Å². The van der Waals surface area contributed by atoms with E-state index in [4.69, 9.17) is 9.47 Å². The summed E-state index contributed by atoms with van der Waals surface area (Å²) in [6.45, 7) is 7.84. The summed E-state index contributed by atoms with van der Waals surface area (Å²) in [5.41, 5.74) is 3.60. The third-order valence-electron chi connectivity index (χ3n) is 6.42. The Morgan fingerprint density at radius 2 is 1.81 bits per heavy atom. The summed E-state index contributed by atoms with van der Waals surface area (Å²) in [6.07, 6.45) is 1.97. The average Bonchev–Trinajstić information content (AvgIpc) is 3.22. The highest BCUT2D eigenvalue weighted by molar-refractivity contribution is 7.17. The molecule has 194 valence electrons. The van der Waals surface area contributed by atoms with Crippen LogP contribution in [0.25, 0.3) is 0 Å². The van der Waals surface area contributed by atoms with Crippen LogP contribution < -0.4 is 15.4 Å². The van der Waals surface area contributed by atoms with Crippen molar-refractivity contribution in [3.05, 3.63) is 75.7 Å². The third-order valence-corrected chi connectivity index (χ3v) is 7.59. The van der Waals surface area contributed by atoms with E-state index in [1.807, 2.05) is 31.2 Å². The molecule has 2 N–H and O–H groups in total. The Bertz CT molecular complexity index is 1300. The fourth-order valence-electron chi connectivity index (χ4n) is 4.32. The van der Waals surface area contributed by atoms with E-state index in [1.54, 1.807) is 38.1 Å².